The van der Waals surface area contributed by atoms with E-state index in [0.717, 1.165) is 0 Å². The highest BCUT2D eigenvalue weighted by Crippen LogP contribution is 2.13. The highest BCUT2D eigenvalue weighted by atomic mass is 16.6. The van der Waals surface area contributed by atoms with Crippen molar-refractivity contribution < 1.29 is 14.3 Å². The van der Waals surface area contributed by atoms with Gasteiger partial charge in [-0.15, -0.1) is 0 Å². The number of aromatic nitrogens is 2. The molecule has 6 nitrogen and oxygen atoms in total. The molecule has 0 saturated carbocycles. The monoisotopic (exact) mass is 295 g/mol. The Labute approximate surface area is 125 Å². The molecule has 6 heteroatoms. The minimum Gasteiger partial charge on any atom is -0.458 e. The largest absolute Gasteiger partial charge is 0.458 e. The van der Waals surface area contributed by atoms with Crippen molar-refractivity contribution in [2.45, 2.75) is 59.2 Å². The Balaban J connectivity index is 2.74. The Bertz CT molecular complexity index is 475. The van der Waals surface area contributed by atoms with Crippen LogP contribution in [0.2, 0.25) is 0 Å². The third-order valence-electron chi connectivity index (χ3n) is 2.93. The number of amides is 1. The lowest BCUT2D eigenvalue weighted by atomic mass is 10.0. The second-order valence-electron chi connectivity index (χ2n) is 6.43. The normalized spacial score (nSPS) is 14.6. The van der Waals surface area contributed by atoms with Gasteiger partial charge < -0.3 is 10.1 Å². The van der Waals surface area contributed by atoms with Gasteiger partial charge in [0.1, 0.15) is 17.7 Å². The lowest BCUT2D eigenvalue weighted by Gasteiger charge is -2.27. The van der Waals surface area contributed by atoms with Crippen LogP contribution in [0, 0.1) is 5.92 Å². The molecule has 1 unspecified atom stereocenters. The molecular weight excluding hydrogens is 270 g/mol. The highest BCUT2D eigenvalue weighted by molar-refractivity contribution is 5.86. The van der Waals surface area contributed by atoms with Crippen LogP contribution in [0.25, 0.3) is 0 Å². The van der Waals surface area contributed by atoms with Gasteiger partial charge in [-0.1, -0.05) is 13.8 Å². The minimum absolute atomic E-state index is 0.0615. The van der Waals surface area contributed by atoms with Gasteiger partial charge in [-0.05, 0) is 39.7 Å². The van der Waals surface area contributed by atoms with Gasteiger partial charge in [-0.2, -0.15) is 5.10 Å². The molecule has 0 radical (unpaired) electrons. The van der Waals surface area contributed by atoms with Gasteiger partial charge in [0.05, 0.1) is 0 Å². The zero-order chi connectivity index (χ0) is 16.2. The van der Waals surface area contributed by atoms with Crippen LogP contribution in [0.3, 0.4) is 0 Å². The number of esters is 1. The summed E-state index contributed by atoms with van der Waals surface area (Å²) in [6.45, 7) is 10.9. The summed E-state index contributed by atoms with van der Waals surface area (Å²) in [5, 5.41) is 6.79. The van der Waals surface area contributed by atoms with Crippen molar-refractivity contribution in [3.8, 4) is 0 Å². The van der Waals surface area contributed by atoms with Crippen molar-refractivity contribution in [2.24, 2.45) is 5.92 Å². The maximum atomic E-state index is 12.2. The fraction of sp³-hybridized carbons (Fsp3) is 0.667. The van der Waals surface area contributed by atoms with E-state index in [0.29, 0.717) is 0 Å². The molecule has 1 aromatic rings. The van der Waals surface area contributed by atoms with Crippen LogP contribution in [0.5, 0.6) is 0 Å². The standard InChI is InChI=1S/C15H25N3O3/c1-10(2)12(14(20)21-15(4,5)6)17-13(19)11(3)18-9-7-8-16-18/h7-12H,1-6H3,(H,17,19)/t11?,12-/m1/s1. The van der Waals surface area contributed by atoms with Crippen LogP contribution in [0.15, 0.2) is 18.5 Å². The quantitative estimate of drug-likeness (QED) is 0.842. The summed E-state index contributed by atoms with van der Waals surface area (Å²) < 4.78 is 6.90. The Kier molecular flexibility index (Phi) is 5.52. The SMILES string of the molecule is CC(C)[C@@H](NC(=O)C(C)n1cccn1)C(=O)OC(C)(C)C. The fourth-order valence-electron chi connectivity index (χ4n) is 1.77. The maximum absolute atomic E-state index is 12.2. The average molecular weight is 295 g/mol. The van der Waals surface area contributed by atoms with Gasteiger partial charge in [0, 0.05) is 12.4 Å². The van der Waals surface area contributed by atoms with Crippen LogP contribution < -0.4 is 5.32 Å². The fourth-order valence-corrected chi connectivity index (χ4v) is 1.77. The summed E-state index contributed by atoms with van der Waals surface area (Å²) in [5.74, 6) is -0.740. The third-order valence-corrected chi connectivity index (χ3v) is 2.93. The third kappa shape index (κ3) is 5.21. The Hall–Kier alpha value is -1.85. The smallest absolute Gasteiger partial charge is 0.329 e. The molecule has 0 spiro atoms. The van der Waals surface area contributed by atoms with Crippen LogP contribution in [-0.2, 0) is 14.3 Å². The van der Waals surface area contributed by atoms with Crippen LogP contribution in [0.4, 0.5) is 0 Å². The molecule has 0 aliphatic carbocycles. The molecule has 1 amide bonds. The number of carbonyl (C=O) groups is 2. The second kappa shape index (κ2) is 6.74. The predicted molar refractivity (Wildman–Crippen MR) is 79.6 cm³/mol. The molecule has 0 saturated heterocycles. The first-order valence-electron chi connectivity index (χ1n) is 7.14. The van der Waals surface area contributed by atoms with Crippen LogP contribution in [-0.4, -0.2) is 33.3 Å². The molecule has 0 fully saturated rings. The van der Waals surface area contributed by atoms with E-state index in [-0.39, 0.29) is 11.8 Å². The average Bonchev–Trinajstić information content (AvgIpc) is 2.85. The summed E-state index contributed by atoms with van der Waals surface area (Å²) in [4.78, 5) is 24.4. The summed E-state index contributed by atoms with van der Waals surface area (Å²) >= 11 is 0. The Morgan fingerprint density at radius 3 is 2.29 bits per heavy atom. The number of hydrogen-bond acceptors (Lipinski definition) is 4. The van der Waals surface area contributed by atoms with Gasteiger partial charge in [0.2, 0.25) is 5.91 Å². The van der Waals surface area contributed by atoms with Crippen molar-refractivity contribution in [3.63, 3.8) is 0 Å². The van der Waals surface area contributed by atoms with Crippen molar-refractivity contribution in [1.29, 1.82) is 0 Å². The molecule has 1 aromatic heterocycles. The molecule has 1 N–H and O–H groups in total. The lowest BCUT2D eigenvalue weighted by Crippen LogP contribution is -2.49. The number of hydrogen-bond donors (Lipinski definition) is 1. The van der Waals surface area contributed by atoms with E-state index in [1.165, 1.54) is 0 Å². The number of ether oxygens (including phenoxy) is 1. The molecule has 0 aliphatic heterocycles. The minimum atomic E-state index is -0.672. The van der Waals surface area contributed by atoms with Crippen LogP contribution >= 0.6 is 0 Å². The number of rotatable bonds is 5. The number of carbonyl (C=O) groups excluding carboxylic acids is 2. The first-order chi connectivity index (χ1) is 9.61. The van der Waals surface area contributed by atoms with Gasteiger partial charge in [0.25, 0.3) is 0 Å². The van der Waals surface area contributed by atoms with E-state index >= 15 is 0 Å². The molecule has 2 atom stereocenters. The molecule has 21 heavy (non-hydrogen) atoms. The summed E-state index contributed by atoms with van der Waals surface area (Å²) in [5.41, 5.74) is -0.581. The zero-order valence-electron chi connectivity index (χ0n) is 13.6. The topological polar surface area (TPSA) is 73.2 Å². The van der Waals surface area contributed by atoms with Crippen LogP contribution in [0.1, 0.15) is 47.6 Å². The van der Waals surface area contributed by atoms with E-state index in [1.54, 1.807) is 50.8 Å². The second-order valence-corrected chi connectivity index (χ2v) is 6.43. The molecule has 0 aliphatic rings. The van der Waals surface area contributed by atoms with Gasteiger partial charge in [-0.25, -0.2) is 4.79 Å². The maximum Gasteiger partial charge on any atom is 0.329 e. The molecule has 118 valence electrons. The lowest BCUT2D eigenvalue weighted by molar-refractivity contribution is -0.160. The van der Waals surface area contributed by atoms with Crippen molar-refractivity contribution in [3.05, 3.63) is 18.5 Å². The van der Waals surface area contributed by atoms with Crippen molar-refractivity contribution in [2.75, 3.05) is 0 Å². The molecule has 1 rings (SSSR count). The van der Waals surface area contributed by atoms with E-state index in [4.69, 9.17) is 4.74 Å². The summed E-state index contributed by atoms with van der Waals surface area (Å²) in [6.07, 6.45) is 3.32. The van der Waals surface area contributed by atoms with Gasteiger partial charge in [0.15, 0.2) is 0 Å². The Morgan fingerprint density at radius 1 is 1.24 bits per heavy atom. The molecule has 1 heterocycles. The summed E-state index contributed by atoms with van der Waals surface area (Å²) in [6, 6.07) is 0.593. The molecule has 0 aromatic carbocycles. The molecule has 0 bridgehead atoms. The number of nitrogens with one attached hydrogen (secondary N) is 1. The van der Waals surface area contributed by atoms with E-state index in [1.807, 2.05) is 13.8 Å². The summed E-state index contributed by atoms with van der Waals surface area (Å²) in [7, 11) is 0. The highest BCUT2D eigenvalue weighted by Gasteiger charge is 2.30. The predicted octanol–water partition coefficient (Wildman–Crippen LogP) is 1.93. The van der Waals surface area contributed by atoms with Gasteiger partial charge in [-0.3, -0.25) is 9.48 Å². The van der Waals surface area contributed by atoms with E-state index in [9.17, 15) is 9.59 Å². The zero-order valence-corrected chi connectivity index (χ0v) is 13.6. The Morgan fingerprint density at radius 2 is 1.86 bits per heavy atom. The van der Waals surface area contributed by atoms with Crippen molar-refractivity contribution in [1.82, 2.24) is 15.1 Å². The van der Waals surface area contributed by atoms with E-state index < -0.39 is 23.7 Å². The van der Waals surface area contributed by atoms with Gasteiger partial charge >= 0.3 is 5.97 Å². The van der Waals surface area contributed by atoms with Crippen molar-refractivity contribution >= 4 is 11.9 Å². The first-order valence-corrected chi connectivity index (χ1v) is 7.14. The molecular formula is C15H25N3O3. The first kappa shape index (κ1) is 17.2. The number of nitrogens with zero attached hydrogens (tertiary/aromatic N) is 2. The van der Waals surface area contributed by atoms with E-state index in [2.05, 4.69) is 10.4 Å².